The van der Waals surface area contributed by atoms with Gasteiger partial charge in [-0.15, -0.1) is 0 Å². The maximum atomic E-state index is 16.0. The summed E-state index contributed by atoms with van der Waals surface area (Å²) in [5.41, 5.74) is 9.23. The Hall–Kier alpha value is -7.26. The lowest BCUT2D eigenvalue weighted by Crippen LogP contribution is -2.79. The van der Waals surface area contributed by atoms with Gasteiger partial charge < -0.3 is 53.1 Å². The van der Waals surface area contributed by atoms with E-state index in [0.717, 1.165) is 166 Å². The van der Waals surface area contributed by atoms with Crippen LogP contribution in [0.1, 0.15) is 182 Å². The first-order valence-electron chi connectivity index (χ1n) is 34.1. The summed E-state index contributed by atoms with van der Waals surface area (Å²) in [6.45, 7) is 13.5. The van der Waals surface area contributed by atoms with E-state index in [2.05, 4.69) is 85.8 Å². The molecule has 6 aromatic rings. The van der Waals surface area contributed by atoms with Crippen molar-refractivity contribution in [3.8, 4) is 11.5 Å². The van der Waals surface area contributed by atoms with E-state index in [1.165, 1.54) is 61.8 Å². The summed E-state index contributed by atoms with van der Waals surface area (Å²) < 4.78 is 44.9. The smallest absolute Gasteiger partial charge is 0.338 e. The molecule has 4 saturated carbocycles. The molecule has 4 N–H and O–H groups in total. The monoisotopic (exact) mass is 1230 g/mol. The number of benzene rings is 2. The van der Waals surface area contributed by atoms with Gasteiger partial charge in [0.05, 0.1) is 53.5 Å². The van der Waals surface area contributed by atoms with E-state index in [-0.39, 0.29) is 36.5 Å². The summed E-state index contributed by atoms with van der Waals surface area (Å²) in [6.07, 6.45) is 23.1. The number of fused-ring (bicyclic) bond motifs is 37. The number of ether oxygens (including phenoxy) is 7. The van der Waals surface area contributed by atoms with Crippen molar-refractivity contribution in [2.75, 3.05) is 42.7 Å². The molecule has 4 aromatic heterocycles. The van der Waals surface area contributed by atoms with E-state index < -0.39 is 81.4 Å². The lowest BCUT2D eigenvalue weighted by molar-refractivity contribution is -0.265. The zero-order valence-corrected chi connectivity index (χ0v) is 55.2. The van der Waals surface area contributed by atoms with E-state index in [4.69, 9.17) is 33.2 Å². The van der Waals surface area contributed by atoms with Gasteiger partial charge in [0.2, 0.25) is 0 Å². The van der Waals surface area contributed by atoms with E-state index in [1.807, 2.05) is 24.3 Å². The van der Waals surface area contributed by atoms with Crippen molar-refractivity contribution >= 4 is 59.0 Å². The zero-order valence-electron chi connectivity index (χ0n) is 55.2. The SMILES string of the molecule is CCCCCCc1c(C)/c2[nH]/c1=C\c1[nH]c(c3c1C[C@]1(C(=O)OC)[C@H]4[C@H]5C[C@H]([C@H]6[C@@H]5[C@@]5(C(=O)OC)O[C@]6(C(=O)OC)[C@H]6[C@@H]5[C@H]5C[C@@H]6c6c5c(OC)c5ccccc5c6OC)[C@H]4[C@]1(C(=O)OC)C3)/C=c1\[nH]/c(c(C)c1CCCCCC)=C\c1[nH]c(c(CC)c1CC)\C=2. The second kappa shape index (κ2) is 21.7. The molecule has 0 spiro atoms. The maximum Gasteiger partial charge on any atom is 0.338 e. The number of hydrogen-bond acceptors (Lipinski definition) is 11. The first kappa shape index (κ1) is 60.0. The quantitative estimate of drug-likeness (QED) is 0.0276. The number of esters is 4. The van der Waals surface area contributed by atoms with Gasteiger partial charge >= 0.3 is 23.9 Å². The van der Waals surface area contributed by atoms with Crippen molar-refractivity contribution in [3.63, 3.8) is 0 Å². The van der Waals surface area contributed by atoms with E-state index in [1.54, 1.807) is 14.2 Å². The lowest BCUT2D eigenvalue weighted by atomic mass is 9.28. The van der Waals surface area contributed by atoms with Crippen molar-refractivity contribution in [1.82, 2.24) is 19.9 Å². The molecule has 7 heterocycles. The van der Waals surface area contributed by atoms with Crippen LogP contribution < -0.4 is 30.9 Å². The highest BCUT2D eigenvalue weighted by Gasteiger charge is 2.96. The maximum absolute atomic E-state index is 16.0. The van der Waals surface area contributed by atoms with Crippen molar-refractivity contribution in [2.24, 2.45) is 58.2 Å². The van der Waals surface area contributed by atoms with E-state index in [9.17, 15) is 0 Å². The van der Waals surface area contributed by atoms with Crippen molar-refractivity contribution in [2.45, 2.75) is 167 Å². The Bertz CT molecular complexity index is 4070. The third kappa shape index (κ3) is 7.47. The van der Waals surface area contributed by atoms with Crippen LogP contribution in [0.25, 0.3) is 35.1 Å². The summed E-state index contributed by atoms with van der Waals surface area (Å²) in [6, 6.07) is 8.07. The van der Waals surface area contributed by atoms with Gasteiger partial charge in [-0.2, -0.15) is 0 Å². The molecule has 15 heteroatoms. The van der Waals surface area contributed by atoms with Gasteiger partial charge in [-0.05, 0) is 182 Å². The number of hydrogen-bond donors (Lipinski definition) is 4. The number of unbranched alkanes of at least 4 members (excludes halogenated alkanes) is 6. The number of carbonyl (C=O) groups is 4. The number of aromatic amines is 4. The molecule has 14 atom stereocenters. The molecular weight excluding hydrogens is 1140 g/mol. The molecule has 2 saturated heterocycles. The summed E-state index contributed by atoms with van der Waals surface area (Å²) in [7, 11) is 9.10. The minimum atomic E-state index is -1.62. The molecular formula is C76H90N4O11. The molecule has 14 bridgehead atoms. The zero-order chi connectivity index (χ0) is 63.5. The molecule has 9 aliphatic rings. The molecule has 3 aliphatic heterocycles. The van der Waals surface area contributed by atoms with Crippen LogP contribution in [0, 0.1) is 72.0 Å². The largest absolute Gasteiger partial charge is 0.496 e. The van der Waals surface area contributed by atoms with Crippen LogP contribution in [0.3, 0.4) is 0 Å². The van der Waals surface area contributed by atoms with Crippen molar-refractivity contribution in [1.29, 1.82) is 0 Å². The highest BCUT2D eigenvalue weighted by atomic mass is 16.6. The Labute approximate surface area is 532 Å². The first-order valence-corrected chi connectivity index (χ1v) is 34.1. The molecule has 0 unspecified atom stereocenters. The summed E-state index contributed by atoms with van der Waals surface area (Å²) in [4.78, 5) is 79.4. The fourth-order valence-corrected chi connectivity index (χ4v) is 22.5. The Morgan fingerprint density at radius 3 is 1.26 bits per heavy atom. The molecule has 15 rings (SSSR count). The molecule has 6 aliphatic carbocycles. The third-order valence-electron chi connectivity index (χ3n) is 25.4. The second-order valence-corrected chi connectivity index (χ2v) is 28.4. The number of carbonyl (C=O) groups excluding carboxylic acids is 4. The third-order valence-corrected chi connectivity index (χ3v) is 25.4. The molecule has 91 heavy (non-hydrogen) atoms. The first-order chi connectivity index (χ1) is 44.1. The summed E-state index contributed by atoms with van der Waals surface area (Å²) in [5.74, 6) is -4.96. The Kier molecular flexibility index (Phi) is 14.3. The van der Waals surface area contributed by atoms with Gasteiger partial charge in [0, 0.05) is 89.7 Å². The van der Waals surface area contributed by atoms with E-state index in [0.29, 0.717) is 12.8 Å². The molecule has 480 valence electrons. The highest BCUT2D eigenvalue weighted by molar-refractivity contribution is 5.99. The predicted molar refractivity (Wildman–Crippen MR) is 346 cm³/mol. The van der Waals surface area contributed by atoms with Crippen LogP contribution in [0.2, 0.25) is 0 Å². The number of nitrogens with one attached hydrogen (secondary N) is 4. The average molecular weight is 1240 g/mol. The lowest BCUT2D eigenvalue weighted by Gasteiger charge is -2.71. The van der Waals surface area contributed by atoms with Crippen LogP contribution >= 0.6 is 0 Å². The molecule has 0 amide bonds. The molecule has 2 aromatic carbocycles. The summed E-state index contributed by atoms with van der Waals surface area (Å²) in [5, 5.41) is 5.92. The topological polar surface area (TPSA) is 196 Å². The number of methoxy groups -OCH3 is 6. The fraction of sp³-hybridized carbons (Fsp3) is 0.553. The average Bonchev–Trinajstić information content (AvgIpc) is 1.46. The molecule has 15 nitrogen and oxygen atoms in total. The summed E-state index contributed by atoms with van der Waals surface area (Å²) >= 11 is 0. The van der Waals surface area contributed by atoms with Crippen LogP contribution in [0.15, 0.2) is 24.3 Å². The van der Waals surface area contributed by atoms with Gasteiger partial charge in [0.1, 0.15) is 11.5 Å². The van der Waals surface area contributed by atoms with Crippen molar-refractivity contribution in [3.05, 3.63) is 124 Å². The van der Waals surface area contributed by atoms with Crippen molar-refractivity contribution < 1.29 is 52.3 Å². The molecule has 6 fully saturated rings. The molecule has 0 radical (unpaired) electrons. The number of aromatic nitrogens is 4. The van der Waals surface area contributed by atoms with Crippen LogP contribution in [0.4, 0.5) is 0 Å². The van der Waals surface area contributed by atoms with Gasteiger partial charge in [-0.25, -0.2) is 9.59 Å². The Morgan fingerprint density at radius 2 is 0.879 bits per heavy atom. The number of rotatable bonds is 18. The van der Waals surface area contributed by atoms with Crippen LogP contribution in [0.5, 0.6) is 11.5 Å². The van der Waals surface area contributed by atoms with Gasteiger partial charge in [0.25, 0.3) is 0 Å². The minimum Gasteiger partial charge on any atom is -0.496 e. The van der Waals surface area contributed by atoms with Crippen LogP contribution in [-0.4, -0.2) is 97.7 Å². The van der Waals surface area contributed by atoms with Gasteiger partial charge in [-0.1, -0.05) is 90.5 Å². The number of H-pyrrole nitrogens is 4. The minimum absolute atomic E-state index is 0.173. The van der Waals surface area contributed by atoms with Gasteiger partial charge in [-0.3, -0.25) is 9.59 Å². The van der Waals surface area contributed by atoms with E-state index >= 15 is 19.2 Å². The Balaban J connectivity index is 0.962. The second-order valence-electron chi connectivity index (χ2n) is 28.4. The normalized spacial score (nSPS) is 32.3. The standard InChI is InChI=1S/C76H90N4O11/c1-13-17-19-21-25-41-37(5)51-31-53-39(15-3)40(16-4)54(79-53)32-52-38(6)42(26-22-20-18-14-2)56(78-52)34-58-50-36-74(70(82)88-10)62-48-30-47(61(62)73(74,69(81)87-9)35-49(50)57(80-58)33-55(41)77-51)65-66(48)76(72(84)90-12)64-46-29-45(63(64)75(65,91-76)71(83)89-11)59-60(46)68(86-8)44-28-24-23-27-43(44)67(59)85-7/h23-24,27-28,31-34,45-48,61-66,77-80H,13-22,25-26,29-30,35-36H2,1-12H3/b51-31-,52-32-,53-31?,54-32?,55-33-,56-34-,57-33?,58-34?/t45-,46+,47+,48-,61-,62+,63-,64+,65+,66-,73+,74-,75-,76+. The fourth-order valence-electron chi connectivity index (χ4n) is 22.5. The Morgan fingerprint density at radius 1 is 0.473 bits per heavy atom. The van der Waals surface area contributed by atoms with Crippen LogP contribution in [-0.2, 0) is 81.4 Å². The van der Waals surface area contributed by atoms with Gasteiger partial charge in [0.15, 0.2) is 11.2 Å². The highest BCUT2D eigenvalue weighted by Crippen LogP contribution is 2.90. The predicted octanol–water partition coefficient (Wildman–Crippen LogP) is 9.72.